The fourth-order valence-electron chi connectivity index (χ4n) is 2.17. The van der Waals surface area contributed by atoms with Gasteiger partial charge in [0, 0.05) is 5.25 Å². The summed E-state index contributed by atoms with van der Waals surface area (Å²) in [5.74, 6) is 0. The summed E-state index contributed by atoms with van der Waals surface area (Å²) < 4.78 is 0. The first-order valence-electron chi connectivity index (χ1n) is 5.48. The van der Waals surface area contributed by atoms with Crippen LogP contribution in [-0.4, -0.2) is 10.5 Å². The molecule has 0 saturated carbocycles. The van der Waals surface area contributed by atoms with Crippen molar-refractivity contribution in [3.63, 3.8) is 0 Å². The van der Waals surface area contributed by atoms with Crippen LogP contribution in [0.3, 0.4) is 0 Å². The van der Waals surface area contributed by atoms with Crippen LogP contribution in [0, 0.1) is 0 Å². The van der Waals surface area contributed by atoms with Gasteiger partial charge in [0.2, 0.25) is 0 Å². The fourth-order valence-corrected chi connectivity index (χ4v) is 3.46. The zero-order valence-electron chi connectivity index (χ0n) is 8.99. The van der Waals surface area contributed by atoms with Crippen LogP contribution < -0.4 is 0 Å². The zero-order valence-corrected chi connectivity index (χ0v) is 9.81. The molecule has 1 atom stereocenters. The molecule has 1 aliphatic carbocycles. The number of hydrogen-bond donors (Lipinski definition) is 0. The summed E-state index contributed by atoms with van der Waals surface area (Å²) in [5, 5.41) is 1.62. The van der Waals surface area contributed by atoms with E-state index >= 15 is 0 Å². The largest absolute Gasteiger partial charge is 0.155 e. The first kappa shape index (κ1) is 10.1. The van der Waals surface area contributed by atoms with Crippen molar-refractivity contribution in [2.24, 2.45) is 0 Å². The van der Waals surface area contributed by atoms with Gasteiger partial charge in [-0.25, -0.2) is 0 Å². The Morgan fingerprint density at radius 1 is 1.21 bits per heavy atom. The summed E-state index contributed by atoms with van der Waals surface area (Å²) in [5.41, 5.74) is 3.16. The monoisotopic (exact) mass is 206 g/mol. The molecular formula is C13H18S. The molecule has 0 radical (unpaired) electrons. The highest BCUT2D eigenvalue weighted by Crippen LogP contribution is 2.30. The second kappa shape index (κ2) is 4.39. The maximum atomic E-state index is 2.30. The average molecular weight is 206 g/mol. The van der Waals surface area contributed by atoms with Crippen molar-refractivity contribution >= 4 is 11.8 Å². The van der Waals surface area contributed by atoms with E-state index in [4.69, 9.17) is 0 Å². The van der Waals surface area contributed by atoms with Gasteiger partial charge in [-0.2, -0.15) is 11.8 Å². The summed E-state index contributed by atoms with van der Waals surface area (Å²) in [7, 11) is 0. The molecule has 1 aliphatic rings. The van der Waals surface area contributed by atoms with E-state index in [1.54, 1.807) is 11.1 Å². The van der Waals surface area contributed by atoms with E-state index in [1.807, 2.05) is 0 Å². The molecule has 1 unspecified atom stereocenters. The van der Waals surface area contributed by atoms with Crippen molar-refractivity contribution in [1.82, 2.24) is 0 Å². The van der Waals surface area contributed by atoms with Crippen LogP contribution in [0.5, 0.6) is 0 Å². The van der Waals surface area contributed by atoms with Gasteiger partial charge in [-0.1, -0.05) is 38.1 Å². The Kier molecular flexibility index (Phi) is 3.17. The van der Waals surface area contributed by atoms with E-state index in [0.29, 0.717) is 0 Å². The molecule has 1 aromatic carbocycles. The van der Waals surface area contributed by atoms with Gasteiger partial charge in [0.1, 0.15) is 0 Å². The Morgan fingerprint density at radius 3 is 2.64 bits per heavy atom. The fraction of sp³-hybridized carbons (Fsp3) is 0.538. The third-order valence-corrected chi connectivity index (χ3v) is 4.10. The molecule has 76 valence electrons. The van der Waals surface area contributed by atoms with Crippen LogP contribution in [0.4, 0.5) is 0 Å². The topological polar surface area (TPSA) is 0 Å². The summed E-state index contributed by atoms with van der Waals surface area (Å²) in [6.07, 6.45) is 3.92. The normalized spacial score (nSPS) is 20.9. The molecule has 1 aromatic rings. The highest BCUT2D eigenvalue weighted by atomic mass is 32.2. The van der Waals surface area contributed by atoms with Crippen molar-refractivity contribution in [2.45, 2.75) is 43.6 Å². The lowest BCUT2D eigenvalue weighted by Gasteiger charge is -2.25. The van der Waals surface area contributed by atoms with E-state index in [1.165, 1.54) is 19.3 Å². The molecule has 0 aromatic heterocycles. The summed E-state index contributed by atoms with van der Waals surface area (Å²) in [4.78, 5) is 0. The summed E-state index contributed by atoms with van der Waals surface area (Å²) in [6.45, 7) is 4.59. The summed E-state index contributed by atoms with van der Waals surface area (Å²) in [6, 6.07) is 8.91. The Balaban J connectivity index is 2.06. The van der Waals surface area contributed by atoms with E-state index in [0.717, 1.165) is 10.5 Å². The van der Waals surface area contributed by atoms with Gasteiger partial charge in [-0.15, -0.1) is 0 Å². The van der Waals surface area contributed by atoms with Crippen molar-refractivity contribution in [1.29, 1.82) is 0 Å². The lowest BCUT2D eigenvalue weighted by molar-refractivity contribution is 0.700. The smallest absolute Gasteiger partial charge is 0.00932 e. The van der Waals surface area contributed by atoms with E-state index in [-0.39, 0.29) is 0 Å². The van der Waals surface area contributed by atoms with E-state index < -0.39 is 0 Å². The molecule has 0 nitrogen and oxygen atoms in total. The quantitative estimate of drug-likeness (QED) is 0.711. The van der Waals surface area contributed by atoms with Crippen LogP contribution >= 0.6 is 11.8 Å². The van der Waals surface area contributed by atoms with Crippen LogP contribution in [0.2, 0.25) is 0 Å². The molecule has 0 saturated heterocycles. The molecule has 1 heteroatoms. The number of fused-ring (bicyclic) bond motifs is 1. The molecule has 0 aliphatic heterocycles. The van der Waals surface area contributed by atoms with Crippen molar-refractivity contribution in [3.05, 3.63) is 35.4 Å². The molecule has 2 rings (SSSR count). The Labute approximate surface area is 91.1 Å². The van der Waals surface area contributed by atoms with Gasteiger partial charge >= 0.3 is 0 Å². The SMILES string of the molecule is CC(C)SC1CCc2ccccc2C1. The number of aryl methyl sites for hydroxylation is 1. The average Bonchev–Trinajstić information content (AvgIpc) is 2.17. The van der Waals surface area contributed by atoms with Gasteiger partial charge in [0.15, 0.2) is 0 Å². The molecule has 0 N–H and O–H groups in total. The van der Waals surface area contributed by atoms with Crippen LogP contribution in [-0.2, 0) is 12.8 Å². The van der Waals surface area contributed by atoms with Gasteiger partial charge in [-0.3, -0.25) is 0 Å². The Hall–Kier alpha value is -0.430. The van der Waals surface area contributed by atoms with Gasteiger partial charge in [-0.05, 0) is 35.6 Å². The molecule has 0 spiro atoms. The molecule has 0 heterocycles. The molecule has 0 amide bonds. The predicted molar refractivity (Wildman–Crippen MR) is 65.0 cm³/mol. The molecule has 0 bridgehead atoms. The lowest BCUT2D eigenvalue weighted by atomic mass is 9.92. The number of rotatable bonds is 2. The number of hydrogen-bond acceptors (Lipinski definition) is 1. The predicted octanol–water partition coefficient (Wildman–Crippen LogP) is 3.69. The highest BCUT2D eigenvalue weighted by molar-refractivity contribution is 8.00. The standard InChI is InChI=1S/C13H18S/c1-10(2)14-13-8-7-11-5-3-4-6-12(11)9-13/h3-6,10,13H,7-9H2,1-2H3. The van der Waals surface area contributed by atoms with E-state index in [9.17, 15) is 0 Å². The van der Waals surface area contributed by atoms with Crippen LogP contribution in [0.25, 0.3) is 0 Å². The maximum absolute atomic E-state index is 2.30. The third-order valence-electron chi connectivity index (χ3n) is 2.77. The Bertz CT molecular complexity index is 304. The first-order valence-corrected chi connectivity index (χ1v) is 6.42. The van der Waals surface area contributed by atoms with Gasteiger partial charge in [0.05, 0.1) is 0 Å². The minimum atomic E-state index is 0.769. The zero-order chi connectivity index (χ0) is 9.97. The van der Waals surface area contributed by atoms with Crippen molar-refractivity contribution in [2.75, 3.05) is 0 Å². The lowest BCUT2D eigenvalue weighted by Crippen LogP contribution is -2.17. The molecule has 0 fully saturated rings. The van der Waals surface area contributed by atoms with Gasteiger partial charge < -0.3 is 0 Å². The third kappa shape index (κ3) is 2.33. The summed E-state index contributed by atoms with van der Waals surface area (Å²) >= 11 is 2.14. The maximum Gasteiger partial charge on any atom is 0.00932 e. The van der Waals surface area contributed by atoms with Crippen molar-refractivity contribution in [3.8, 4) is 0 Å². The number of benzene rings is 1. The minimum Gasteiger partial charge on any atom is -0.155 e. The van der Waals surface area contributed by atoms with Gasteiger partial charge in [0.25, 0.3) is 0 Å². The van der Waals surface area contributed by atoms with Crippen LogP contribution in [0.1, 0.15) is 31.4 Å². The van der Waals surface area contributed by atoms with E-state index in [2.05, 4.69) is 49.9 Å². The number of thioether (sulfide) groups is 1. The van der Waals surface area contributed by atoms with Crippen LogP contribution in [0.15, 0.2) is 24.3 Å². The Morgan fingerprint density at radius 2 is 1.93 bits per heavy atom. The first-order chi connectivity index (χ1) is 6.75. The second-order valence-corrected chi connectivity index (χ2v) is 6.20. The van der Waals surface area contributed by atoms with Crippen molar-refractivity contribution < 1.29 is 0 Å². The molecular weight excluding hydrogens is 188 g/mol. The highest BCUT2D eigenvalue weighted by Gasteiger charge is 2.18. The second-order valence-electron chi connectivity index (χ2n) is 4.32. The minimum absolute atomic E-state index is 0.769. The molecule has 14 heavy (non-hydrogen) atoms.